The third-order valence-corrected chi connectivity index (χ3v) is 3.18. The van der Waals surface area contributed by atoms with Gasteiger partial charge in [-0.1, -0.05) is 0 Å². The molecular weight excluding hydrogens is 192 g/mol. The highest BCUT2D eigenvalue weighted by Gasteiger charge is 2.24. The highest BCUT2D eigenvalue weighted by molar-refractivity contribution is 5.79. The third kappa shape index (κ3) is 2.49. The molecule has 0 aromatic carbocycles. The van der Waals surface area contributed by atoms with Gasteiger partial charge in [-0.3, -0.25) is 9.59 Å². The van der Waals surface area contributed by atoms with Crippen LogP contribution in [0.15, 0.2) is 0 Å². The second-order valence-electron chi connectivity index (χ2n) is 4.37. The van der Waals surface area contributed by atoms with Gasteiger partial charge >= 0.3 is 0 Å². The van der Waals surface area contributed by atoms with Crippen molar-refractivity contribution in [2.45, 2.75) is 38.5 Å². The van der Waals surface area contributed by atoms with Crippen molar-refractivity contribution in [3.63, 3.8) is 0 Å². The Morgan fingerprint density at radius 2 is 1.27 bits per heavy atom. The summed E-state index contributed by atoms with van der Waals surface area (Å²) in [5.41, 5.74) is 0. The van der Waals surface area contributed by atoms with E-state index in [4.69, 9.17) is 0 Å². The first-order valence-corrected chi connectivity index (χ1v) is 5.83. The number of likely N-dealkylation sites (tertiary alicyclic amines) is 2. The Hall–Kier alpha value is -1.06. The van der Waals surface area contributed by atoms with Crippen molar-refractivity contribution < 1.29 is 9.59 Å². The van der Waals surface area contributed by atoms with Crippen molar-refractivity contribution in [1.82, 2.24) is 9.80 Å². The van der Waals surface area contributed by atoms with Gasteiger partial charge in [-0.05, 0) is 25.7 Å². The van der Waals surface area contributed by atoms with Crippen LogP contribution >= 0.6 is 0 Å². The van der Waals surface area contributed by atoms with E-state index in [1.165, 1.54) is 0 Å². The van der Waals surface area contributed by atoms with Gasteiger partial charge in [0.15, 0.2) is 0 Å². The van der Waals surface area contributed by atoms with Gasteiger partial charge in [0.1, 0.15) is 0 Å². The molecule has 0 spiro atoms. The van der Waals surface area contributed by atoms with Crippen LogP contribution in [0.1, 0.15) is 38.5 Å². The predicted molar refractivity (Wildman–Crippen MR) is 56.0 cm³/mol. The molecule has 2 rings (SSSR count). The number of hydrogen-bond acceptors (Lipinski definition) is 2. The second-order valence-corrected chi connectivity index (χ2v) is 4.37. The molecule has 2 fully saturated rings. The molecule has 2 aliphatic rings. The highest BCUT2D eigenvalue weighted by atomic mass is 16.2. The summed E-state index contributed by atoms with van der Waals surface area (Å²) in [6, 6.07) is 0. The maximum atomic E-state index is 11.6. The fourth-order valence-electron chi connectivity index (χ4n) is 2.23. The Bertz CT molecular complexity index is 239. The molecule has 0 N–H and O–H groups in total. The lowest BCUT2D eigenvalue weighted by atomic mass is 10.1. The van der Waals surface area contributed by atoms with Crippen LogP contribution in [0.5, 0.6) is 0 Å². The Morgan fingerprint density at radius 1 is 0.800 bits per heavy atom. The lowest BCUT2D eigenvalue weighted by Gasteiger charge is -2.34. The number of piperidine rings is 2. The minimum absolute atomic E-state index is 0.208. The van der Waals surface area contributed by atoms with Crippen molar-refractivity contribution in [2.24, 2.45) is 0 Å². The number of carbonyl (C=O) groups is 2. The van der Waals surface area contributed by atoms with Crippen LogP contribution in [0, 0.1) is 0 Å². The first-order chi connectivity index (χ1) is 7.27. The minimum atomic E-state index is 0.208. The Kier molecular flexibility index (Phi) is 3.23. The molecule has 2 heterocycles. The summed E-state index contributed by atoms with van der Waals surface area (Å²) >= 11 is 0. The molecule has 2 saturated heterocycles. The van der Waals surface area contributed by atoms with Crippen LogP contribution in [0.25, 0.3) is 0 Å². The Morgan fingerprint density at radius 3 is 1.67 bits per heavy atom. The van der Waals surface area contributed by atoms with E-state index in [9.17, 15) is 9.59 Å². The summed E-state index contributed by atoms with van der Waals surface area (Å²) in [4.78, 5) is 26.8. The van der Waals surface area contributed by atoms with Crippen molar-refractivity contribution in [1.29, 1.82) is 0 Å². The third-order valence-electron chi connectivity index (χ3n) is 3.18. The lowest BCUT2D eigenvalue weighted by molar-refractivity contribution is -0.142. The van der Waals surface area contributed by atoms with E-state index in [2.05, 4.69) is 0 Å². The molecule has 2 aliphatic heterocycles. The topological polar surface area (TPSA) is 40.6 Å². The number of hydrogen-bond donors (Lipinski definition) is 0. The standard InChI is InChI=1S/C11H18N2O2/c14-10-5-1-3-7-12(10)9-13-8-4-2-6-11(13)15/h1-9H2. The lowest BCUT2D eigenvalue weighted by Crippen LogP contribution is -2.47. The first-order valence-electron chi connectivity index (χ1n) is 5.83. The van der Waals surface area contributed by atoms with Crippen LogP contribution in [0.2, 0.25) is 0 Å². The van der Waals surface area contributed by atoms with E-state index in [0.29, 0.717) is 19.5 Å². The first kappa shape index (κ1) is 10.5. The molecule has 0 aliphatic carbocycles. The fraction of sp³-hybridized carbons (Fsp3) is 0.818. The largest absolute Gasteiger partial charge is 0.325 e. The molecular formula is C11H18N2O2. The Balaban J connectivity index is 1.89. The van der Waals surface area contributed by atoms with Crippen LogP contribution in [-0.2, 0) is 9.59 Å². The maximum absolute atomic E-state index is 11.6. The van der Waals surface area contributed by atoms with Gasteiger partial charge in [0.05, 0.1) is 6.67 Å². The van der Waals surface area contributed by atoms with Crippen LogP contribution in [0.3, 0.4) is 0 Å². The summed E-state index contributed by atoms with van der Waals surface area (Å²) in [6.07, 6.45) is 5.47. The van der Waals surface area contributed by atoms with E-state index < -0.39 is 0 Å². The molecule has 0 bridgehead atoms. The van der Waals surface area contributed by atoms with E-state index >= 15 is 0 Å². The van der Waals surface area contributed by atoms with E-state index in [1.807, 2.05) is 9.80 Å². The quantitative estimate of drug-likeness (QED) is 0.681. The van der Waals surface area contributed by atoms with E-state index in [1.54, 1.807) is 0 Å². The zero-order valence-corrected chi connectivity index (χ0v) is 9.07. The van der Waals surface area contributed by atoms with Crippen LogP contribution < -0.4 is 0 Å². The van der Waals surface area contributed by atoms with E-state index in [-0.39, 0.29) is 11.8 Å². The number of nitrogens with zero attached hydrogens (tertiary/aromatic N) is 2. The van der Waals surface area contributed by atoms with Gasteiger partial charge < -0.3 is 9.80 Å². The maximum Gasteiger partial charge on any atom is 0.223 e. The minimum Gasteiger partial charge on any atom is -0.325 e. The molecule has 4 nitrogen and oxygen atoms in total. The summed E-state index contributed by atoms with van der Waals surface area (Å²) in [5.74, 6) is 0.416. The van der Waals surface area contributed by atoms with Gasteiger partial charge in [0.2, 0.25) is 11.8 Å². The van der Waals surface area contributed by atoms with Gasteiger partial charge in [-0.15, -0.1) is 0 Å². The molecule has 2 amide bonds. The van der Waals surface area contributed by atoms with E-state index in [0.717, 1.165) is 38.8 Å². The van der Waals surface area contributed by atoms with Crippen molar-refractivity contribution >= 4 is 11.8 Å². The molecule has 4 heteroatoms. The van der Waals surface area contributed by atoms with Crippen LogP contribution in [0.4, 0.5) is 0 Å². The molecule has 0 atom stereocenters. The van der Waals surface area contributed by atoms with Gasteiger partial charge in [0, 0.05) is 25.9 Å². The van der Waals surface area contributed by atoms with Gasteiger partial charge in [-0.2, -0.15) is 0 Å². The molecule has 15 heavy (non-hydrogen) atoms. The number of carbonyl (C=O) groups excluding carboxylic acids is 2. The monoisotopic (exact) mass is 210 g/mol. The summed E-state index contributed by atoms with van der Waals surface area (Å²) in [6.45, 7) is 2.17. The average Bonchev–Trinajstić information content (AvgIpc) is 2.24. The second kappa shape index (κ2) is 4.64. The summed E-state index contributed by atoms with van der Waals surface area (Å²) in [5, 5.41) is 0. The molecule has 0 aromatic rings. The Labute approximate surface area is 90.2 Å². The zero-order valence-electron chi connectivity index (χ0n) is 9.07. The van der Waals surface area contributed by atoms with Crippen molar-refractivity contribution in [2.75, 3.05) is 19.8 Å². The molecule has 0 saturated carbocycles. The highest BCUT2D eigenvalue weighted by Crippen LogP contribution is 2.15. The summed E-state index contributed by atoms with van der Waals surface area (Å²) in [7, 11) is 0. The number of amides is 2. The molecule has 0 aromatic heterocycles. The van der Waals surface area contributed by atoms with Crippen LogP contribution in [-0.4, -0.2) is 41.4 Å². The number of rotatable bonds is 2. The predicted octanol–water partition coefficient (Wildman–Crippen LogP) is 0.969. The molecule has 84 valence electrons. The normalized spacial score (nSPS) is 23.5. The zero-order chi connectivity index (χ0) is 10.7. The fourth-order valence-corrected chi connectivity index (χ4v) is 2.23. The smallest absolute Gasteiger partial charge is 0.223 e. The average molecular weight is 210 g/mol. The van der Waals surface area contributed by atoms with Gasteiger partial charge in [0.25, 0.3) is 0 Å². The SMILES string of the molecule is O=C1CCCCN1CN1CCCCC1=O. The van der Waals surface area contributed by atoms with Crippen molar-refractivity contribution in [3.05, 3.63) is 0 Å². The molecule has 0 radical (unpaired) electrons. The summed E-state index contributed by atoms with van der Waals surface area (Å²) < 4.78 is 0. The molecule has 0 unspecified atom stereocenters. The van der Waals surface area contributed by atoms with Gasteiger partial charge in [-0.25, -0.2) is 0 Å². The van der Waals surface area contributed by atoms with Crippen molar-refractivity contribution in [3.8, 4) is 0 Å².